The first-order valence-corrected chi connectivity index (χ1v) is 5.29. The maximum atomic E-state index is 10.6. The van der Waals surface area contributed by atoms with Crippen LogP contribution in [0.2, 0.25) is 0 Å². The second-order valence-electron chi connectivity index (χ2n) is 3.95. The fraction of sp³-hybridized carbons (Fsp3) is 0.455. The van der Waals surface area contributed by atoms with E-state index in [0.717, 1.165) is 25.1 Å². The SMILES string of the molecule is O=C(O)c1ccc(N2CCCC(O)C2)cn1. The molecule has 1 aromatic heterocycles. The molecule has 86 valence electrons. The normalized spacial score (nSPS) is 20.8. The number of piperidine rings is 1. The molecule has 1 aliphatic rings. The van der Waals surface area contributed by atoms with Gasteiger partial charge in [0.25, 0.3) is 0 Å². The number of hydrogen-bond donors (Lipinski definition) is 2. The summed E-state index contributed by atoms with van der Waals surface area (Å²) < 4.78 is 0. The predicted molar refractivity (Wildman–Crippen MR) is 58.7 cm³/mol. The van der Waals surface area contributed by atoms with Gasteiger partial charge in [-0.2, -0.15) is 0 Å². The standard InChI is InChI=1S/C11H14N2O3/c14-9-2-1-5-13(7-9)8-3-4-10(11(15)16)12-6-8/h3-4,6,9,14H,1-2,5,7H2,(H,15,16). The Hall–Kier alpha value is -1.62. The molecule has 0 aliphatic carbocycles. The molecule has 0 bridgehead atoms. The summed E-state index contributed by atoms with van der Waals surface area (Å²) in [7, 11) is 0. The van der Waals surface area contributed by atoms with Crippen molar-refractivity contribution in [2.45, 2.75) is 18.9 Å². The van der Waals surface area contributed by atoms with Gasteiger partial charge in [-0.15, -0.1) is 0 Å². The van der Waals surface area contributed by atoms with Crippen molar-refractivity contribution >= 4 is 11.7 Å². The second-order valence-corrected chi connectivity index (χ2v) is 3.95. The first-order valence-electron chi connectivity index (χ1n) is 5.29. The van der Waals surface area contributed by atoms with Crippen molar-refractivity contribution in [1.29, 1.82) is 0 Å². The van der Waals surface area contributed by atoms with Gasteiger partial charge in [0.05, 0.1) is 18.0 Å². The van der Waals surface area contributed by atoms with Crippen molar-refractivity contribution < 1.29 is 15.0 Å². The molecule has 1 fully saturated rings. The summed E-state index contributed by atoms with van der Waals surface area (Å²) in [6, 6.07) is 3.22. The van der Waals surface area contributed by atoms with Crippen LogP contribution >= 0.6 is 0 Å². The summed E-state index contributed by atoms with van der Waals surface area (Å²) in [5.41, 5.74) is 0.907. The number of anilines is 1. The maximum Gasteiger partial charge on any atom is 0.354 e. The number of aromatic nitrogens is 1. The minimum absolute atomic E-state index is 0.0429. The average Bonchev–Trinajstić information content (AvgIpc) is 2.29. The molecule has 0 saturated carbocycles. The predicted octanol–water partition coefficient (Wildman–Crippen LogP) is 0.741. The fourth-order valence-electron chi connectivity index (χ4n) is 1.89. The third kappa shape index (κ3) is 2.30. The van der Waals surface area contributed by atoms with E-state index in [4.69, 9.17) is 5.11 Å². The van der Waals surface area contributed by atoms with E-state index >= 15 is 0 Å². The van der Waals surface area contributed by atoms with Gasteiger partial charge in [0.2, 0.25) is 0 Å². The Labute approximate surface area is 93.3 Å². The van der Waals surface area contributed by atoms with Crippen molar-refractivity contribution in [3.05, 3.63) is 24.0 Å². The van der Waals surface area contributed by atoms with Gasteiger partial charge in [-0.1, -0.05) is 0 Å². The van der Waals surface area contributed by atoms with Gasteiger partial charge < -0.3 is 15.1 Å². The first kappa shape index (κ1) is 10.9. The maximum absolute atomic E-state index is 10.6. The molecule has 5 nitrogen and oxygen atoms in total. The quantitative estimate of drug-likeness (QED) is 0.772. The van der Waals surface area contributed by atoms with E-state index in [1.54, 1.807) is 12.3 Å². The van der Waals surface area contributed by atoms with Gasteiger partial charge in [-0.05, 0) is 25.0 Å². The smallest absolute Gasteiger partial charge is 0.354 e. The third-order valence-corrected chi connectivity index (χ3v) is 2.73. The number of carboxylic acids is 1. The number of rotatable bonds is 2. The van der Waals surface area contributed by atoms with Crippen molar-refractivity contribution in [1.82, 2.24) is 4.98 Å². The average molecular weight is 222 g/mol. The summed E-state index contributed by atoms with van der Waals surface area (Å²) in [5.74, 6) is -1.02. The van der Waals surface area contributed by atoms with Crippen molar-refractivity contribution in [2.75, 3.05) is 18.0 Å². The summed E-state index contributed by atoms with van der Waals surface area (Å²) >= 11 is 0. The Bertz CT molecular complexity index is 377. The number of carbonyl (C=O) groups is 1. The number of aliphatic hydroxyl groups excluding tert-OH is 1. The zero-order valence-electron chi connectivity index (χ0n) is 8.83. The van der Waals surface area contributed by atoms with Crippen LogP contribution in [0.25, 0.3) is 0 Å². The first-order chi connectivity index (χ1) is 7.66. The number of β-amino-alcohol motifs (C(OH)–C–C–N with tert-alkyl or cyclic N) is 1. The zero-order chi connectivity index (χ0) is 11.5. The minimum Gasteiger partial charge on any atom is -0.477 e. The molecule has 1 aliphatic heterocycles. The zero-order valence-corrected chi connectivity index (χ0v) is 8.83. The summed E-state index contributed by atoms with van der Waals surface area (Å²) in [6.07, 6.45) is 3.02. The number of carboxylic acid groups (broad SMARTS) is 1. The van der Waals surface area contributed by atoms with E-state index in [-0.39, 0.29) is 11.8 Å². The number of aliphatic hydroxyl groups is 1. The number of aromatic carboxylic acids is 1. The lowest BCUT2D eigenvalue weighted by Gasteiger charge is -2.31. The molecule has 0 amide bonds. The van der Waals surface area contributed by atoms with E-state index in [9.17, 15) is 9.90 Å². The fourth-order valence-corrected chi connectivity index (χ4v) is 1.89. The molecule has 1 saturated heterocycles. The van der Waals surface area contributed by atoms with Gasteiger partial charge in [-0.25, -0.2) is 9.78 Å². The van der Waals surface area contributed by atoms with E-state index < -0.39 is 5.97 Å². The van der Waals surface area contributed by atoms with Gasteiger partial charge in [-0.3, -0.25) is 0 Å². The summed E-state index contributed by atoms with van der Waals surface area (Å²) in [4.78, 5) is 16.5. The number of nitrogens with zero attached hydrogens (tertiary/aromatic N) is 2. The van der Waals surface area contributed by atoms with Crippen molar-refractivity contribution in [2.24, 2.45) is 0 Å². The monoisotopic (exact) mass is 222 g/mol. The molecule has 2 N–H and O–H groups in total. The van der Waals surface area contributed by atoms with Crippen molar-refractivity contribution in [3.8, 4) is 0 Å². The number of hydrogen-bond acceptors (Lipinski definition) is 4. The van der Waals surface area contributed by atoms with E-state index in [1.807, 2.05) is 4.90 Å². The van der Waals surface area contributed by atoms with Gasteiger partial charge in [0.1, 0.15) is 5.69 Å². The van der Waals surface area contributed by atoms with Crippen LogP contribution in [0.4, 0.5) is 5.69 Å². The van der Waals surface area contributed by atoms with Crippen molar-refractivity contribution in [3.63, 3.8) is 0 Å². The third-order valence-electron chi connectivity index (χ3n) is 2.73. The number of pyridine rings is 1. The van der Waals surface area contributed by atoms with Crippen LogP contribution in [0.5, 0.6) is 0 Å². The van der Waals surface area contributed by atoms with Crippen LogP contribution in [0.3, 0.4) is 0 Å². The molecule has 5 heteroatoms. The van der Waals surface area contributed by atoms with Crippen LogP contribution in [-0.4, -0.2) is 40.4 Å². The van der Waals surface area contributed by atoms with E-state index in [0.29, 0.717) is 6.54 Å². The highest BCUT2D eigenvalue weighted by Gasteiger charge is 2.18. The molecule has 1 atom stereocenters. The lowest BCUT2D eigenvalue weighted by atomic mass is 10.1. The molecule has 1 aromatic rings. The highest BCUT2D eigenvalue weighted by molar-refractivity contribution is 5.85. The van der Waals surface area contributed by atoms with E-state index in [2.05, 4.69) is 4.98 Å². The topological polar surface area (TPSA) is 73.7 Å². The molecular formula is C11H14N2O3. The van der Waals surface area contributed by atoms with Crippen LogP contribution in [-0.2, 0) is 0 Å². The molecule has 0 radical (unpaired) electrons. The molecular weight excluding hydrogens is 208 g/mol. The van der Waals surface area contributed by atoms with Crippen LogP contribution in [0, 0.1) is 0 Å². The lowest BCUT2D eigenvalue weighted by Crippen LogP contribution is -2.38. The van der Waals surface area contributed by atoms with Gasteiger partial charge in [0.15, 0.2) is 0 Å². The highest BCUT2D eigenvalue weighted by Crippen LogP contribution is 2.19. The Kier molecular flexibility index (Phi) is 3.05. The molecule has 2 heterocycles. The van der Waals surface area contributed by atoms with Crippen LogP contribution in [0.1, 0.15) is 23.3 Å². The Morgan fingerprint density at radius 3 is 2.88 bits per heavy atom. The summed E-state index contributed by atoms with van der Waals surface area (Å²) in [6.45, 7) is 1.47. The van der Waals surface area contributed by atoms with Crippen LogP contribution < -0.4 is 4.90 Å². The lowest BCUT2D eigenvalue weighted by molar-refractivity contribution is 0.0690. The van der Waals surface area contributed by atoms with E-state index in [1.165, 1.54) is 6.07 Å². The second kappa shape index (κ2) is 4.49. The largest absolute Gasteiger partial charge is 0.477 e. The molecule has 2 rings (SSSR count). The van der Waals surface area contributed by atoms with Gasteiger partial charge >= 0.3 is 5.97 Å². The van der Waals surface area contributed by atoms with Gasteiger partial charge in [0, 0.05) is 13.1 Å². The Balaban J connectivity index is 2.11. The molecule has 16 heavy (non-hydrogen) atoms. The highest BCUT2D eigenvalue weighted by atomic mass is 16.4. The Morgan fingerprint density at radius 1 is 1.50 bits per heavy atom. The molecule has 0 spiro atoms. The Morgan fingerprint density at radius 2 is 2.31 bits per heavy atom. The minimum atomic E-state index is -1.02. The van der Waals surface area contributed by atoms with Crippen LogP contribution in [0.15, 0.2) is 18.3 Å². The molecule has 0 aromatic carbocycles. The molecule has 1 unspecified atom stereocenters. The summed E-state index contributed by atoms with van der Waals surface area (Å²) in [5, 5.41) is 18.2.